The van der Waals surface area contributed by atoms with E-state index in [1.165, 1.54) is 0 Å². The van der Waals surface area contributed by atoms with Crippen LogP contribution < -0.4 is 0 Å². The minimum Gasteiger partial charge on any atom is -0.383 e. The van der Waals surface area contributed by atoms with Crippen LogP contribution in [0.15, 0.2) is 0 Å². The molecule has 0 heterocycles. The van der Waals surface area contributed by atoms with Crippen molar-refractivity contribution in [2.24, 2.45) is 0 Å². The molecular formula is C8H19BO5S. The third-order valence-corrected chi connectivity index (χ3v) is 2.09. The Morgan fingerprint density at radius 1 is 1.00 bits per heavy atom. The van der Waals surface area contributed by atoms with Crippen molar-refractivity contribution < 1.29 is 24.0 Å². The van der Waals surface area contributed by atoms with Gasteiger partial charge >= 0.3 is 7.32 Å². The molecule has 5 nitrogen and oxygen atoms in total. The first-order valence-electron chi connectivity index (χ1n) is 5.11. The monoisotopic (exact) mass is 238 g/mol. The molecule has 0 saturated heterocycles. The fourth-order valence-electron chi connectivity index (χ4n) is 0.672. The summed E-state index contributed by atoms with van der Waals surface area (Å²) < 4.78 is 5.05. The maximum absolute atomic E-state index is 5.05. The number of hydrogen-bond donors (Lipinski definition) is 0. The van der Waals surface area contributed by atoms with Gasteiger partial charge in [0, 0.05) is 12.4 Å². The van der Waals surface area contributed by atoms with E-state index in [0.717, 1.165) is 11.5 Å². The van der Waals surface area contributed by atoms with Gasteiger partial charge in [0.15, 0.2) is 0 Å². The zero-order valence-electron chi connectivity index (χ0n) is 9.56. The summed E-state index contributed by atoms with van der Waals surface area (Å²) >= 11 is 1.77. The number of rotatable bonds is 11. The van der Waals surface area contributed by atoms with E-state index in [1.54, 1.807) is 11.8 Å². The van der Waals surface area contributed by atoms with Gasteiger partial charge in [0.25, 0.3) is 0 Å². The van der Waals surface area contributed by atoms with Gasteiger partial charge in [0.05, 0.1) is 13.2 Å². The molecule has 0 rings (SSSR count). The molecule has 0 amide bonds. The third-order valence-electron chi connectivity index (χ3n) is 1.23. The third kappa shape index (κ3) is 10.5. The lowest BCUT2D eigenvalue weighted by Gasteiger charge is -2.10. The summed E-state index contributed by atoms with van der Waals surface area (Å²) in [6.45, 7) is 7.12. The molecule has 0 aliphatic carbocycles. The minimum absolute atomic E-state index is 0.429. The van der Waals surface area contributed by atoms with Crippen LogP contribution in [-0.2, 0) is 24.0 Å². The van der Waals surface area contributed by atoms with E-state index in [9.17, 15) is 0 Å². The van der Waals surface area contributed by atoms with E-state index >= 15 is 0 Å². The Labute approximate surface area is 95.8 Å². The van der Waals surface area contributed by atoms with Crippen molar-refractivity contribution in [2.45, 2.75) is 20.8 Å². The van der Waals surface area contributed by atoms with E-state index in [2.05, 4.69) is 6.92 Å². The lowest BCUT2D eigenvalue weighted by molar-refractivity contribution is -0.297. The van der Waals surface area contributed by atoms with Crippen LogP contribution in [0.2, 0.25) is 0 Å². The average molecular weight is 238 g/mol. The summed E-state index contributed by atoms with van der Waals surface area (Å²) in [6, 6.07) is 0. The predicted molar refractivity (Wildman–Crippen MR) is 60.1 cm³/mol. The molecular weight excluding hydrogens is 219 g/mol. The molecule has 0 radical (unpaired) electrons. The molecule has 0 saturated carbocycles. The summed E-state index contributed by atoms with van der Waals surface area (Å²) in [6.07, 6.45) is 0. The van der Waals surface area contributed by atoms with E-state index in [1.807, 2.05) is 13.8 Å². The van der Waals surface area contributed by atoms with Gasteiger partial charge in [-0.1, -0.05) is 6.92 Å². The van der Waals surface area contributed by atoms with Crippen LogP contribution in [0, 0.1) is 0 Å². The number of thioether (sulfide) groups is 1. The highest BCUT2D eigenvalue weighted by atomic mass is 32.2. The van der Waals surface area contributed by atoms with Crippen LogP contribution in [0.4, 0.5) is 0 Å². The lowest BCUT2D eigenvalue weighted by Crippen LogP contribution is -2.28. The Balaban J connectivity index is 3.38. The smallest absolute Gasteiger partial charge is 0.383 e. The summed E-state index contributed by atoms with van der Waals surface area (Å²) in [7, 11) is -0.915. The van der Waals surface area contributed by atoms with E-state index < -0.39 is 7.32 Å². The van der Waals surface area contributed by atoms with E-state index in [-0.39, 0.29) is 0 Å². The fourth-order valence-corrected chi connectivity index (χ4v) is 1.15. The summed E-state index contributed by atoms with van der Waals surface area (Å²) in [5.74, 6) is 1.94. The Hall–Kier alpha value is 0.215. The second kappa shape index (κ2) is 12.3. The topological polar surface area (TPSA) is 46.2 Å². The Morgan fingerprint density at radius 2 is 1.73 bits per heavy atom. The molecule has 0 atom stereocenters. The van der Waals surface area contributed by atoms with Crippen LogP contribution in [0.25, 0.3) is 0 Å². The van der Waals surface area contributed by atoms with Crippen LogP contribution in [0.3, 0.4) is 0 Å². The average Bonchev–Trinajstić information content (AvgIpc) is 2.25. The number of hydrogen-bond acceptors (Lipinski definition) is 6. The fraction of sp³-hybridized carbons (Fsp3) is 1.00. The van der Waals surface area contributed by atoms with Crippen LogP contribution in [-0.4, -0.2) is 38.6 Å². The standard InChI is InChI=1S/C8H19BO5S/c1-4-10-9(13-11-5-2)14-12-7-8-15-6-3/h4-8H2,1-3H3. The van der Waals surface area contributed by atoms with Crippen LogP contribution >= 0.6 is 11.8 Å². The molecule has 0 unspecified atom stereocenters. The maximum atomic E-state index is 5.05. The predicted octanol–water partition coefficient (Wildman–Crippen LogP) is 1.68. The van der Waals surface area contributed by atoms with Crippen molar-refractivity contribution in [3.63, 3.8) is 0 Å². The molecule has 0 aliphatic heterocycles. The molecule has 0 aromatic rings. The Morgan fingerprint density at radius 3 is 2.33 bits per heavy atom. The van der Waals surface area contributed by atoms with Crippen molar-refractivity contribution in [2.75, 3.05) is 31.3 Å². The molecule has 90 valence electrons. The van der Waals surface area contributed by atoms with Gasteiger partial charge in [-0.2, -0.15) is 11.8 Å². The molecule has 0 aromatic heterocycles. The normalized spacial score (nSPS) is 10.6. The zero-order valence-corrected chi connectivity index (χ0v) is 10.4. The first-order chi connectivity index (χ1) is 7.35. The summed E-state index contributed by atoms with van der Waals surface area (Å²) in [4.78, 5) is 19.2. The zero-order chi connectivity index (χ0) is 11.4. The van der Waals surface area contributed by atoms with Crippen molar-refractivity contribution in [3.05, 3.63) is 0 Å². The van der Waals surface area contributed by atoms with Gasteiger partial charge in [-0.3, -0.25) is 0 Å². The highest BCUT2D eigenvalue weighted by molar-refractivity contribution is 7.99. The largest absolute Gasteiger partial charge is 0.696 e. The van der Waals surface area contributed by atoms with Crippen LogP contribution in [0.1, 0.15) is 20.8 Å². The van der Waals surface area contributed by atoms with Crippen molar-refractivity contribution in [1.29, 1.82) is 0 Å². The second-order valence-electron chi connectivity index (χ2n) is 2.36. The van der Waals surface area contributed by atoms with Crippen LogP contribution in [0.5, 0.6) is 0 Å². The summed E-state index contributed by atoms with van der Waals surface area (Å²) in [5, 5.41) is 0. The van der Waals surface area contributed by atoms with Gasteiger partial charge in [0.1, 0.15) is 0 Å². The van der Waals surface area contributed by atoms with Crippen molar-refractivity contribution in [1.82, 2.24) is 0 Å². The molecule has 0 aliphatic rings. The molecule has 0 spiro atoms. The molecule has 15 heavy (non-hydrogen) atoms. The van der Waals surface area contributed by atoms with Crippen molar-refractivity contribution in [3.8, 4) is 0 Å². The Bertz CT molecular complexity index is 130. The Kier molecular flexibility index (Phi) is 12.5. The molecule has 0 N–H and O–H groups in total. The molecule has 0 bridgehead atoms. The van der Waals surface area contributed by atoms with Gasteiger partial charge in [0.2, 0.25) is 0 Å². The first kappa shape index (κ1) is 15.2. The van der Waals surface area contributed by atoms with E-state index in [0.29, 0.717) is 19.8 Å². The highest BCUT2D eigenvalue weighted by Gasteiger charge is 2.23. The minimum atomic E-state index is -0.915. The highest BCUT2D eigenvalue weighted by Crippen LogP contribution is 1.99. The van der Waals surface area contributed by atoms with Crippen molar-refractivity contribution >= 4 is 19.1 Å². The van der Waals surface area contributed by atoms with E-state index in [4.69, 9.17) is 24.0 Å². The lowest BCUT2D eigenvalue weighted by atomic mass is 10.2. The molecule has 7 heteroatoms. The molecule has 0 aromatic carbocycles. The van der Waals surface area contributed by atoms with Gasteiger partial charge in [-0.05, 0) is 19.6 Å². The summed E-state index contributed by atoms with van der Waals surface area (Å²) in [5.41, 5.74) is 0. The first-order valence-corrected chi connectivity index (χ1v) is 6.26. The SMILES string of the molecule is CCOOB(OCC)OOCCSCC. The van der Waals surface area contributed by atoms with Gasteiger partial charge in [-0.25, -0.2) is 19.4 Å². The van der Waals surface area contributed by atoms with Gasteiger partial charge in [-0.15, -0.1) is 0 Å². The quantitative estimate of drug-likeness (QED) is 0.236. The second-order valence-corrected chi connectivity index (χ2v) is 3.76. The molecule has 0 fully saturated rings. The van der Waals surface area contributed by atoms with Gasteiger partial charge < -0.3 is 4.65 Å². The maximum Gasteiger partial charge on any atom is 0.696 e.